The maximum atomic E-state index is 13.0. The van der Waals surface area contributed by atoms with Crippen molar-refractivity contribution in [2.45, 2.75) is 22.3 Å². The molecule has 1 aromatic heterocycles. The van der Waals surface area contributed by atoms with E-state index in [1.54, 1.807) is 7.05 Å². The first kappa shape index (κ1) is 26.1. The Morgan fingerprint density at radius 1 is 1.44 bits per heavy atom. The number of hydrogen-bond acceptors (Lipinski definition) is 12. The first-order valence-electron chi connectivity index (χ1n) is 9.47. The van der Waals surface area contributed by atoms with Gasteiger partial charge in [-0.3, -0.25) is 23.5 Å². The Balaban J connectivity index is 1.73. The van der Waals surface area contributed by atoms with Crippen molar-refractivity contribution in [3.63, 3.8) is 0 Å². The lowest BCUT2D eigenvalue weighted by Crippen LogP contribution is -2.81. The van der Waals surface area contributed by atoms with Crippen LogP contribution in [0.2, 0.25) is 0 Å². The molecule has 0 aliphatic carbocycles. The molecule has 18 heteroatoms. The number of nitrogens with zero attached hydrogens (tertiary/aromatic N) is 5. The number of ether oxygens (including phenoxy) is 1. The van der Waals surface area contributed by atoms with Gasteiger partial charge in [-0.1, -0.05) is 11.8 Å². The van der Waals surface area contributed by atoms with Crippen molar-refractivity contribution in [3.05, 3.63) is 11.3 Å². The van der Waals surface area contributed by atoms with Gasteiger partial charge < -0.3 is 26.0 Å². The average molecular weight is 536 g/mol. The van der Waals surface area contributed by atoms with Crippen molar-refractivity contribution in [3.8, 4) is 0 Å². The third-order valence-corrected chi connectivity index (χ3v) is 8.68. The third-order valence-electron chi connectivity index (χ3n) is 4.89. The van der Waals surface area contributed by atoms with Crippen LogP contribution >= 0.6 is 23.5 Å². The molecule has 34 heavy (non-hydrogen) atoms. The van der Waals surface area contributed by atoms with Crippen molar-refractivity contribution >= 4 is 58.1 Å². The van der Waals surface area contributed by atoms with E-state index < -0.39 is 63.2 Å². The Hall–Kier alpha value is -2.54. The molecule has 0 aromatic carbocycles. The highest BCUT2D eigenvalue weighted by molar-refractivity contribution is 8.01. The van der Waals surface area contributed by atoms with Crippen LogP contribution in [0.3, 0.4) is 0 Å². The zero-order chi connectivity index (χ0) is 25.2. The van der Waals surface area contributed by atoms with Crippen LogP contribution in [0, 0.1) is 0 Å². The van der Waals surface area contributed by atoms with Crippen LogP contribution in [0.1, 0.15) is 0 Å². The number of methoxy groups -OCH3 is 1. The number of β-lactam (4-membered cyclic amide) rings is 1. The van der Waals surface area contributed by atoms with Crippen LogP contribution in [0.5, 0.6) is 0 Å². The van der Waals surface area contributed by atoms with Crippen LogP contribution < -0.4 is 11.1 Å². The molecule has 1 fully saturated rings. The number of aliphatic carboxylic acids is 2. The van der Waals surface area contributed by atoms with Gasteiger partial charge in [0.05, 0.1) is 0 Å². The van der Waals surface area contributed by atoms with Crippen LogP contribution in [0.15, 0.2) is 16.4 Å². The van der Waals surface area contributed by atoms with E-state index in [1.165, 1.54) is 35.3 Å². The summed E-state index contributed by atoms with van der Waals surface area (Å²) in [4.78, 5) is 49.3. The van der Waals surface area contributed by atoms with Crippen molar-refractivity contribution in [1.82, 2.24) is 30.4 Å². The summed E-state index contributed by atoms with van der Waals surface area (Å²) in [6.45, 7) is 0. The molecule has 3 rings (SSSR count). The monoisotopic (exact) mass is 535 g/mol. The van der Waals surface area contributed by atoms with Crippen molar-refractivity contribution in [2.24, 2.45) is 12.8 Å². The molecule has 3 heterocycles. The summed E-state index contributed by atoms with van der Waals surface area (Å²) in [5.41, 5.74) is 3.73. The topological polar surface area (TPSA) is 220 Å². The van der Waals surface area contributed by atoms with E-state index in [-0.39, 0.29) is 17.2 Å². The molecule has 0 bridgehead atoms. The molecule has 15 nitrogen and oxygen atoms in total. The van der Waals surface area contributed by atoms with E-state index in [0.717, 1.165) is 4.90 Å². The predicted molar refractivity (Wildman–Crippen MR) is 119 cm³/mol. The zero-order valence-electron chi connectivity index (χ0n) is 17.9. The fraction of sp³-hybridized carbons (Fsp3) is 0.562. The fourth-order valence-electron chi connectivity index (χ4n) is 3.27. The number of nitrogens with two attached hydrogens (primary N) is 1. The lowest BCUT2D eigenvalue weighted by Gasteiger charge is -2.55. The minimum absolute atomic E-state index is 0.214. The SMILES string of the molecule is CO[C@@]1(NC(=O)CS(=O)C[C@@H](N)C(=O)O)C(=O)N2C(C(=O)O)=C(CSc3nnnn3C)CS[C@@H]21. The number of carbonyl (C=O) groups is 4. The standard InChI is InChI=1S/C16H21N7O8S3/c1-22-15(19-20-21-22)33-4-7-3-32-14-16(31-2,13(29)23(14)10(7)12(27)28)18-9(24)6-34(30)5-8(17)11(25)26/h8,14H,3-6,17H2,1-2H3,(H,18,24)(H,25,26)(H,27,28)/t8-,14-,16+,34?/m1/s1. The van der Waals surface area contributed by atoms with Gasteiger partial charge in [0.1, 0.15) is 22.9 Å². The first-order chi connectivity index (χ1) is 16.0. The Kier molecular flexibility index (Phi) is 7.96. The number of aromatic nitrogens is 4. The second-order valence-corrected chi connectivity index (χ2v) is 10.7. The summed E-state index contributed by atoms with van der Waals surface area (Å²) in [6.07, 6.45) is 0. The summed E-state index contributed by atoms with van der Waals surface area (Å²) >= 11 is 2.40. The van der Waals surface area contributed by atoms with E-state index >= 15 is 0 Å². The average Bonchev–Trinajstić information content (AvgIpc) is 3.19. The number of thioether (sulfide) groups is 2. The summed E-state index contributed by atoms with van der Waals surface area (Å²) < 4.78 is 18.8. The molecule has 1 saturated heterocycles. The molecule has 1 unspecified atom stereocenters. The summed E-state index contributed by atoms with van der Waals surface area (Å²) in [7, 11) is 0.916. The van der Waals surface area contributed by atoms with Gasteiger partial charge in [-0.25, -0.2) is 9.48 Å². The van der Waals surface area contributed by atoms with Gasteiger partial charge in [0, 0.05) is 42.2 Å². The molecule has 4 atom stereocenters. The minimum atomic E-state index is -1.91. The Morgan fingerprint density at radius 2 is 2.15 bits per heavy atom. The molecule has 2 aliphatic rings. The second-order valence-electron chi connectivity index (χ2n) is 7.15. The minimum Gasteiger partial charge on any atom is -0.480 e. The number of nitrogens with one attached hydrogen (secondary N) is 1. The molecule has 0 spiro atoms. The first-order valence-corrected chi connectivity index (χ1v) is 13.0. The number of amides is 2. The molecule has 0 radical (unpaired) electrons. The zero-order valence-corrected chi connectivity index (χ0v) is 20.3. The quantitative estimate of drug-likeness (QED) is 0.128. The van der Waals surface area contributed by atoms with Crippen LogP contribution in [0.25, 0.3) is 0 Å². The Bertz CT molecular complexity index is 1080. The number of carbonyl (C=O) groups excluding carboxylic acids is 2. The molecule has 5 N–H and O–H groups in total. The van der Waals surface area contributed by atoms with Crippen LogP contribution in [-0.4, -0.2) is 111 Å². The van der Waals surface area contributed by atoms with E-state index in [1.807, 2.05) is 0 Å². The number of hydrogen-bond donors (Lipinski definition) is 4. The number of aryl methyl sites for hydroxylation is 1. The number of fused-ring (bicyclic) bond motifs is 1. The Morgan fingerprint density at radius 3 is 2.71 bits per heavy atom. The molecule has 2 amide bonds. The van der Waals surface area contributed by atoms with E-state index in [4.69, 9.17) is 15.6 Å². The highest BCUT2D eigenvalue weighted by atomic mass is 32.2. The number of carboxylic acids is 2. The lowest BCUT2D eigenvalue weighted by atomic mass is 9.98. The Labute approximate surface area is 203 Å². The molecular formula is C16H21N7O8S3. The lowest BCUT2D eigenvalue weighted by molar-refractivity contribution is -0.192. The van der Waals surface area contributed by atoms with Crippen molar-refractivity contribution in [2.75, 3.05) is 30.1 Å². The van der Waals surface area contributed by atoms with Gasteiger partial charge in [0.15, 0.2) is 0 Å². The van der Waals surface area contributed by atoms with Gasteiger partial charge in [0.25, 0.3) is 11.6 Å². The molecular weight excluding hydrogens is 514 g/mol. The number of tetrazole rings is 1. The third kappa shape index (κ3) is 4.95. The van der Waals surface area contributed by atoms with Crippen LogP contribution in [-0.2, 0) is 41.8 Å². The smallest absolute Gasteiger partial charge is 0.352 e. The normalized spacial score (nSPS) is 23.7. The summed E-state index contributed by atoms with van der Waals surface area (Å²) in [5, 5.41) is 31.6. The molecule has 186 valence electrons. The second kappa shape index (κ2) is 10.4. The van der Waals surface area contributed by atoms with E-state index in [9.17, 15) is 28.5 Å². The number of carboxylic acid groups (broad SMARTS) is 2. The van der Waals surface area contributed by atoms with Crippen molar-refractivity contribution < 1.29 is 38.3 Å². The van der Waals surface area contributed by atoms with Crippen molar-refractivity contribution in [1.29, 1.82) is 0 Å². The van der Waals surface area contributed by atoms with E-state index in [0.29, 0.717) is 10.7 Å². The van der Waals surface area contributed by atoms with Gasteiger partial charge in [-0.2, -0.15) is 0 Å². The molecule has 0 saturated carbocycles. The maximum Gasteiger partial charge on any atom is 0.352 e. The van der Waals surface area contributed by atoms with E-state index in [2.05, 4.69) is 20.8 Å². The summed E-state index contributed by atoms with van der Waals surface area (Å²) in [6, 6.07) is -1.41. The van der Waals surface area contributed by atoms with Crippen LogP contribution in [0.4, 0.5) is 0 Å². The molecule has 2 aliphatic heterocycles. The highest BCUT2D eigenvalue weighted by Crippen LogP contribution is 2.47. The maximum absolute atomic E-state index is 13.0. The predicted octanol–water partition coefficient (Wildman–Crippen LogP) is -2.82. The number of rotatable bonds is 11. The highest BCUT2D eigenvalue weighted by Gasteiger charge is 2.66. The van der Waals surface area contributed by atoms with Gasteiger partial charge in [-0.05, 0) is 16.0 Å². The van der Waals surface area contributed by atoms with Gasteiger partial charge in [0.2, 0.25) is 11.1 Å². The van der Waals surface area contributed by atoms with Gasteiger partial charge >= 0.3 is 11.9 Å². The summed E-state index contributed by atoms with van der Waals surface area (Å²) in [5.74, 6) is -4.91. The molecule has 1 aromatic rings. The largest absolute Gasteiger partial charge is 0.480 e. The fourth-order valence-corrected chi connectivity index (χ4v) is 6.72. The van der Waals surface area contributed by atoms with Gasteiger partial charge in [-0.15, -0.1) is 16.9 Å².